The van der Waals surface area contributed by atoms with Crippen molar-refractivity contribution in [1.29, 1.82) is 0 Å². The van der Waals surface area contributed by atoms with E-state index in [1.807, 2.05) is 13.8 Å². The summed E-state index contributed by atoms with van der Waals surface area (Å²) in [5.41, 5.74) is 0. The molecule has 96 valence electrons. The molecule has 0 fully saturated rings. The van der Waals surface area contributed by atoms with E-state index in [-0.39, 0.29) is 11.9 Å². The van der Waals surface area contributed by atoms with Crippen molar-refractivity contribution in [3.8, 4) is 0 Å². The molecule has 1 unspecified atom stereocenters. The minimum absolute atomic E-state index is 0.0673. The van der Waals surface area contributed by atoms with Gasteiger partial charge in [-0.15, -0.1) is 11.3 Å². The Bertz CT molecular complexity index is 322. The average Bonchev–Trinajstić information content (AvgIpc) is 2.76. The molecule has 0 spiro atoms. The molecular weight excluding hydrogens is 232 g/mol. The molecule has 3 nitrogen and oxygen atoms in total. The van der Waals surface area contributed by atoms with Crippen molar-refractivity contribution in [3.63, 3.8) is 0 Å². The summed E-state index contributed by atoms with van der Waals surface area (Å²) >= 11 is 1.74. The lowest BCUT2D eigenvalue weighted by Gasteiger charge is -2.17. The van der Waals surface area contributed by atoms with Crippen LogP contribution in [0.1, 0.15) is 44.5 Å². The van der Waals surface area contributed by atoms with Gasteiger partial charge in [0.15, 0.2) is 0 Å². The number of rotatable bonds is 7. The van der Waals surface area contributed by atoms with E-state index in [0.717, 1.165) is 12.8 Å². The monoisotopic (exact) mass is 254 g/mol. The van der Waals surface area contributed by atoms with Gasteiger partial charge in [0.2, 0.25) is 5.91 Å². The highest BCUT2D eigenvalue weighted by atomic mass is 32.1. The summed E-state index contributed by atoms with van der Waals surface area (Å²) in [4.78, 5) is 12.9. The highest BCUT2D eigenvalue weighted by Gasteiger charge is 2.12. The Labute approximate surface area is 108 Å². The van der Waals surface area contributed by atoms with E-state index in [4.69, 9.17) is 0 Å². The molecule has 1 atom stereocenters. The number of nitrogens with one attached hydrogen (secondary N) is 2. The van der Waals surface area contributed by atoms with Crippen LogP contribution in [-0.2, 0) is 4.79 Å². The van der Waals surface area contributed by atoms with Crippen molar-refractivity contribution in [3.05, 3.63) is 22.4 Å². The Kier molecular flexibility index (Phi) is 6.22. The first-order valence-corrected chi connectivity index (χ1v) is 7.07. The minimum Gasteiger partial charge on any atom is -0.353 e. The third-order valence-corrected chi connectivity index (χ3v) is 3.41. The van der Waals surface area contributed by atoms with Gasteiger partial charge < -0.3 is 10.6 Å². The van der Waals surface area contributed by atoms with Crippen molar-refractivity contribution < 1.29 is 4.79 Å². The summed E-state index contributed by atoms with van der Waals surface area (Å²) in [6.07, 6.45) is 2.18. The second-order valence-corrected chi connectivity index (χ2v) is 5.44. The summed E-state index contributed by atoms with van der Waals surface area (Å²) in [6, 6.07) is 4.69. The number of carbonyl (C=O) groups excluding carboxylic acids is 1. The molecule has 4 heteroatoms. The lowest BCUT2D eigenvalue weighted by molar-refractivity contribution is -0.120. The van der Waals surface area contributed by atoms with Crippen LogP contribution >= 0.6 is 11.3 Å². The predicted molar refractivity (Wildman–Crippen MR) is 73.2 cm³/mol. The fraction of sp³-hybridized carbons (Fsp3) is 0.615. The molecule has 0 radical (unpaired) electrons. The Hall–Kier alpha value is -0.870. The molecule has 0 aliphatic carbocycles. The quantitative estimate of drug-likeness (QED) is 0.785. The molecule has 1 heterocycles. The molecule has 0 aliphatic heterocycles. The number of carbonyl (C=O) groups is 1. The zero-order valence-corrected chi connectivity index (χ0v) is 11.6. The van der Waals surface area contributed by atoms with Crippen LogP contribution in [0.2, 0.25) is 0 Å². The molecule has 17 heavy (non-hydrogen) atoms. The van der Waals surface area contributed by atoms with E-state index in [0.29, 0.717) is 12.6 Å². The van der Waals surface area contributed by atoms with Crippen molar-refractivity contribution >= 4 is 17.2 Å². The molecule has 0 saturated carbocycles. The average molecular weight is 254 g/mol. The van der Waals surface area contributed by atoms with Gasteiger partial charge in [0.05, 0.1) is 6.54 Å². The van der Waals surface area contributed by atoms with E-state index in [9.17, 15) is 4.79 Å². The maximum atomic E-state index is 11.6. The zero-order chi connectivity index (χ0) is 12.7. The fourth-order valence-corrected chi connectivity index (χ4v) is 2.55. The van der Waals surface area contributed by atoms with E-state index in [1.165, 1.54) is 4.88 Å². The highest BCUT2D eigenvalue weighted by Crippen LogP contribution is 2.22. The molecule has 1 rings (SSSR count). The number of amides is 1. The van der Waals surface area contributed by atoms with Crippen LogP contribution in [-0.4, -0.2) is 18.5 Å². The molecule has 0 bridgehead atoms. The lowest BCUT2D eigenvalue weighted by Crippen LogP contribution is -2.38. The molecular formula is C13H22N2OS. The van der Waals surface area contributed by atoms with Gasteiger partial charge in [0.1, 0.15) is 0 Å². The third-order valence-electron chi connectivity index (χ3n) is 2.42. The maximum absolute atomic E-state index is 11.6. The SMILES string of the molecule is CCCC(NCC(=O)NC(C)C)c1cccs1. The second kappa shape index (κ2) is 7.45. The second-order valence-electron chi connectivity index (χ2n) is 4.46. The highest BCUT2D eigenvalue weighted by molar-refractivity contribution is 7.10. The summed E-state index contributed by atoms with van der Waals surface area (Å²) in [7, 11) is 0. The van der Waals surface area contributed by atoms with Crippen LogP contribution in [0.3, 0.4) is 0 Å². The molecule has 0 aliphatic rings. The molecule has 0 aromatic carbocycles. The van der Waals surface area contributed by atoms with Crippen molar-refractivity contribution in [2.45, 2.75) is 45.7 Å². The first-order valence-electron chi connectivity index (χ1n) is 6.19. The van der Waals surface area contributed by atoms with Gasteiger partial charge in [-0.05, 0) is 31.7 Å². The minimum atomic E-state index is 0.0673. The Morgan fingerprint density at radius 2 is 2.24 bits per heavy atom. The molecule has 1 aromatic rings. The fourth-order valence-electron chi connectivity index (χ4n) is 1.71. The number of hydrogen-bond acceptors (Lipinski definition) is 3. The molecule has 1 aromatic heterocycles. The molecule has 0 saturated heterocycles. The third kappa shape index (κ3) is 5.33. The van der Waals surface area contributed by atoms with Crippen molar-refractivity contribution in [2.75, 3.05) is 6.54 Å². The summed E-state index contributed by atoms with van der Waals surface area (Å²) in [6.45, 7) is 6.50. The van der Waals surface area contributed by atoms with Gasteiger partial charge in [-0.25, -0.2) is 0 Å². The van der Waals surface area contributed by atoms with E-state index >= 15 is 0 Å². The van der Waals surface area contributed by atoms with Gasteiger partial charge in [-0.3, -0.25) is 4.79 Å². The van der Waals surface area contributed by atoms with Crippen LogP contribution in [0.5, 0.6) is 0 Å². The van der Waals surface area contributed by atoms with Gasteiger partial charge >= 0.3 is 0 Å². The number of thiophene rings is 1. The van der Waals surface area contributed by atoms with Crippen LogP contribution < -0.4 is 10.6 Å². The van der Waals surface area contributed by atoms with Gasteiger partial charge in [-0.1, -0.05) is 19.4 Å². The van der Waals surface area contributed by atoms with Gasteiger partial charge in [0.25, 0.3) is 0 Å². The first-order chi connectivity index (χ1) is 8.13. The summed E-state index contributed by atoms with van der Waals surface area (Å²) in [5.74, 6) is 0.0673. The Morgan fingerprint density at radius 1 is 1.47 bits per heavy atom. The summed E-state index contributed by atoms with van der Waals surface area (Å²) in [5, 5.41) is 8.29. The van der Waals surface area contributed by atoms with Crippen LogP contribution in [0, 0.1) is 0 Å². The van der Waals surface area contributed by atoms with Crippen LogP contribution in [0.4, 0.5) is 0 Å². The van der Waals surface area contributed by atoms with Crippen LogP contribution in [0.25, 0.3) is 0 Å². The smallest absolute Gasteiger partial charge is 0.234 e. The standard InChI is InChI=1S/C13H22N2OS/c1-4-6-11(12-7-5-8-17-12)14-9-13(16)15-10(2)3/h5,7-8,10-11,14H,4,6,9H2,1-3H3,(H,15,16). The van der Waals surface area contributed by atoms with E-state index < -0.39 is 0 Å². The van der Waals surface area contributed by atoms with Crippen molar-refractivity contribution in [1.82, 2.24) is 10.6 Å². The normalized spacial score (nSPS) is 12.7. The first kappa shape index (κ1) is 14.2. The largest absolute Gasteiger partial charge is 0.353 e. The predicted octanol–water partition coefficient (Wildman–Crippen LogP) is 2.70. The van der Waals surface area contributed by atoms with E-state index in [1.54, 1.807) is 11.3 Å². The topological polar surface area (TPSA) is 41.1 Å². The molecule has 1 amide bonds. The number of hydrogen-bond donors (Lipinski definition) is 2. The van der Waals surface area contributed by atoms with Crippen molar-refractivity contribution in [2.24, 2.45) is 0 Å². The molecule has 2 N–H and O–H groups in total. The van der Waals surface area contributed by atoms with Gasteiger partial charge in [-0.2, -0.15) is 0 Å². The van der Waals surface area contributed by atoms with Gasteiger partial charge in [0, 0.05) is 17.0 Å². The lowest BCUT2D eigenvalue weighted by atomic mass is 10.1. The zero-order valence-electron chi connectivity index (χ0n) is 10.8. The Balaban J connectivity index is 2.43. The summed E-state index contributed by atoms with van der Waals surface area (Å²) < 4.78 is 0. The van der Waals surface area contributed by atoms with E-state index in [2.05, 4.69) is 35.1 Å². The Morgan fingerprint density at radius 3 is 2.76 bits per heavy atom. The van der Waals surface area contributed by atoms with Crippen LogP contribution in [0.15, 0.2) is 17.5 Å². The maximum Gasteiger partial charge on any atom is 0.234 e.